The number of fused-ring (bicyclic) bond motifs is 1. The molecule has 2 aliphatic carbocycles. The van der Waals surface area contributed by atoms with Crippen molar-refractivity contribution in [2.45, 2.75) is 65.1 Å². The van der Waals surface area contributed by atoms with Gasteiger partial charge in [0.25, 0.3) is 0 Å². The fourth-order valence-electron chi connectivity index (χ4n) is 5.00. The van der Waals surface area contributed by atoms with Crippen LogP contribution in [0.15, 0.2) is 48.1 Å². The lowest BCUT2D eigenvalue weighted by molar-refractivity contribution is -0.160. The van der Waals surface area contributed by atoms with Gasteiger partial charge in [0.05, 0.1) is 5.60 Å². The molecule has 1 N–H and O–H groups in total. The Morgan fingerprint density at radius 1 is 1.26 bits per heavy atom. The maximum absolute atomic E-state index is 12.6. The number of esters is 1. The zero-order chi connectivity index (χ0) is 19.7. The Bertz CT molecular complexity index is 733. The van der Waals surface area contributed by atoms with Crippen molar-refractivity contribution in [1.29, 1.82) is 0 Å². The highest BCUT2D eigenvalue weighted by Gasteiger charge is 2.59. The molecule has 0 amide bonds. The number of allylic oxidation sites excluding steroid dienone is 1. The first-order chi connectivity index (χ1) is 12.7. The SMILES string of the molecule is CC1=CC[C@@]2(C)CC[C@@](O)(C(C)C)[C@@H]2[C@@H](OC(=O)C=Cc2ccccc2)C1. The lowest BCUT2D eigenvalue weighted by atomic mass is 9.67. The van der Waals surface area contributed by atoms with Crippen LogP contribution in [-0.4, -0.2) is 22.8 Å². The van der Waals surface area contributed by atoms with Gasteiger partial charge in [-0.3, -0.25) is 0 Å². The molecule has 4 atom stereocenters. The van der Waals surface area contributed by atoms with Crippen molar-refractivity contribution in [2.75, 3.05) is 0 Å². The van der Waals surface area contributed by atoms with E-state index in [-0.39, 0.29) is 29.3 Å². The lowest BCUT2D eigenvalue weighted by Crippen LogP contribution is -2.50. The van der Waals surface area contributed by atoms with E-state index < -0.39 is 5.60 Å². The van der Waals surface area contributed by atoms with E-state index in [9.17, 15) is 9.90 Å². The maximum Gasteiger partial charge on any atom is 0.331 e. The Labute approximate surface area is 163 Å². The average Bonchev–Trinajstić information content (AvgIpc) is 2.84. The minimum absolute atomic E-state index is 0.0368. The van der Waals surface area contributed by atoms with Gasteiger partial charge in [-0.2, -0.15) is 0 Å². The Kier molecular flexibility index (Phi) is 5.62. The first kappa shape index (κ1) is 19.9. The Hall–Kier alpha value is -1.87. The van der Waals surface area contributed by atoms with Gasteiger partial charge in [-0.1, -0.05) is 62.8 Å². The van der Waals surface area contributed by atoms with Gasteiger partial charge < -0.3 is 9.84 Å². The first-order valence-corrected chi connectivity index (χ1v) is 10.1. The van der Waals surface area contributed by atoms with Gasteiger partial charge >= 0.3 is 5.97 Å². The number of aliphatic hydroxyl groups is 1. The predicted octanol–water partition coefficient (Wildman–Crippen LogP) is 5.16. The molecule has 1 fully saturated rings. The van der Waals surface area contributed by atoms with E-state index in [2.05, 4.69) is 33.8 Å². The summed E-state index contributed by atoms with van der Waals surface area (Å²) in [5.74, 6) is -0.254. The average molecular weight is 369 g/mol. The van der Waals surface area contributed by atoms with Crippen molar-refractivity contribution in [3.05, 3.63) is 53.6 Å². The normalized spacial score (nSPS) is 33.6. The quantitative estimate of drug-likeness (QED) is 0.454. The van der Waals surface area contributed by atoms with E-state index in [4.69, 9.17) is 4.74 Å². The van der Waals surface area contributed by atoms with Gasteiger partial charge in [0.15, 0.2) is 0 Å². The van der Waals surface area contributed by atoms with Gasteiger partial charge in [-0.15, -0.1) is 0 Å². The Balaban J connectivity index is 1.83. The maximum atomic E-state index is 12.6. The largest absolute Gasteiger partial charge is 0.458 e. The molecular formula is C24H32O3. The van der Waals surface area contributed by atoms with Gasteiger partial charge in [0.2, 0.25) is 0 Å². The minimum Gasteiger partial charge on any atom is -0.458 e. The first-order valence-electron chi connectivity index (χ1n) is 10.1. The molecule has 0 aromatic heterocycles. The van der Waals surface area contributed by atoms with Crippen LogP contribution in [0.2, 0.25) is 0 Å². The van der Waals surface area contributed by atoms with Crippen LogP contribution in [-0.2, 0) is 9.53 Å². The Morgan fingerprint density at radius 2 is 1.96 bits per heavy atom. The molecule has 1 aromatic carbocycles. The van der Waals surface area contributed by atoms with Gasteiger partial charge in [-0.05, 0) is 49.2 Å². The third-order valence-electron chi connectivity index (χ3n) is 6.68. The summed E-state index contributed by atoms with van der Waals surface area (Å²) in [7, 11) is 0. The fourth-order valence-corrected chi connectivity index (χ4v) is 5.00. The van der Waals surface area contributed by atoms with E-state index in [0.29, 0.717) is 6.42 Å². The van der Waals surface area contributed by atoms with Gasteiger partial charge in [0.1, 0.15) is 6.10 Å². The monoisotopic (exact) mass is 368 g/mol. The molecule has 1 aromatic rings. The fraction of sp³-hybridized carbons (Fsp3) is 0.542. The van der Waals surface area contributed by atoms with Crippen LogP contribution >= 0.6 is 0 Å². The number of hydrogen-bond donors (Lipinski definition) is 1. The molecule has 0 spiro atoms. The van der Waals surface area contributed by atoms with Gasteiger partial charge in [0, 0.05) is 18.4 Å². The summed E-state index contributed by atoms with van der Waals surface area (Å²) in [6.07, 6.45) is 8.62. The van der Waals surface area contributed by atoms with E-state index in [0.717, 1.165) is 24.8 Å². The molecule has 146 valence electrons. The molecule has 0 saturated heterocycles. The van der Waals surface area contributed by atoms with E-state index in [1.165, 1.54) is 11.6 Å². The van der Waals surface area contributed by atoms with Crippen LogP contribution in [0.3, 0.4) is 0 Å². The molecule has 0 aliphatic heterocycles. The molecule has 0 bridgehead atoms. The molecule has 0 heterocycles. The number of ether oxygens (including phenoxy) is 1. The minimum atomic E-state index is -0.790. The molecule has 0 unspecified atom stereocenters. The summed E-state index contributed by atoms with van der Waals surface area (Å²) in [4.78, 5) is 12.6. The second kappa shape index (κ2) is 7.63. The van der Waals surface area contributed by atoms with Crippen molar-refractivity contribution in [3.63, 3.8) is 0 Å². The highest BCUT2D eigenvalue weighted by atomic mass is 16.5. The molecule has 27 heavy (non-hydrogen) atoms. The van der Waals surface area contributed by atoms with Crippen LogP contribution < -0.4 is 0 Å². The van der Waals surface area contributed by atoms with Crippen LogP contribution in [0.5, 0.6) is 0 Å². The van der Waals surface area contributed by atoms with Crippen LogP contribution in [0.25, 0.3) is 6.08 Å². The van der Waals surface area contributed by atoms with Crippen molar-refractivity contribution >= 4 is 12.0 Å². The second-order valence-electron chi connectivity index (χ2n) is 8.96. The van der Waals surface area contributed by atoms with Crippen molar-refractivity contribution in [2.24, 2.45) is 17.3 Å². The molecule has 1 saturated carbocycles. The van der Waals surface area contributed by atoms with Crippen LogP contribution in [0.4, 0.5) is 0 Å². The summed E-state index contributed by atoms with van der Waals surface area (Å²) in [6, 6.07) is 9.74. The van der Waals surface area contributed by atoms with E-state index in [1.807, 2.05) is 30.3 Å². The van der Waals surface area contributed by atoms with Gasteiger partial charge in [-0.25, -0.2) is 4.79 Å². The van der Waals surface area contributed by atoms with Crippen LogP contribution in [0, 0.1) is 17.3 Å². The topological polar surface area (TPSA) is 46.5 Å². The van der Waals surface area contributed by atoms with Crippen molar-refractivity contribution < 1.29 is 14.6 Å². The standard InChI is InChI=1S/C24H32O3/c1-17(2)24(26)15-14-23(4)13-12-18(3)16-20(22(23)24)27-21(25)11-10-19-8-6-5-7-9-19/h5-12,17,20,22,26H,13-16H2,1-4H3/t20-,22+,23-,24+/m0/s1. The smallest absolute Gasteiger partial charge is 0.331 e. The Morgan fingerprint density at radius 3 is 2.63 bits per heavy atom. The summed E-state index contributed by atoms with van der Waals surface area (Å²) in [6.45, 7) is 8.49. The zero-order valence-corrected chi connectivity index (χ0v) is 16.9. The molecule has 2 aliphatic rings. The second-order valence-corrected chi connectivity index (χ2v) is 8.96. The number of carbonyl (C=O) groups excluding carboxylic acids is 1. The van der Waals surface area contributed by atoms with Crippen LogP contribution in [0.1, 0.15) is 58.9 Å². The molecule has 3 heteroatoms. The number of carbonyl (C=O) groups is 1. The van der Waals surface area contributed by atoms with E-state index >= 15 is 0 Å². The molecule has 3 nitrogen and oxygen atoms in total. The third kappa shape index (κ3) is 4.03. The molecule has 3 rings (SSSR count). The summed E-state index contributed by atoms with van der Waals surface area (Å²) in [5, 5.41) is 11.5. The summed E-state index contributed by atoms with van der Waals surface area (Å²) >= 11 is 0. The lowest BCUT2D eigenvalue weighted by Gasteiger charge is -2.43. The highest BCUT2D eigenvalue weighted by molar-refractivity contribution is 5.87. The third-order valence-corrected chi connectivity index (χ3v) is 6.68. The molecule has 0 radical (unpaired) electrons. The zero-order valence-electron chi connectivity index (χ0n) is 16.9. The molecular weight excluding hydrogens is 336 g/mol. The summed E-state index contributed by atoms with van der Waals surface area (Å²) in [5.41, 5.74) is 1.38. The predicted molar refractivity (Wildman–Crippen MR) is 109 cm³/mol. The van der Waals surface area contributed by atoms with Crippen molar-refractivity contribution in [1.82, 2.24) is 0 Å². The highest BCUT2D eigenvalue weighted by Crippen LogP contribution is 2.58. The number of hydrogen-bond acceptors (Lipinski definition) is 3. The summed E-state index contributed by atoms with van der Waals surface area (Å²) < 4.78 is 5.96. The van der Waals surface area contributed by atoms with E-state index in [1.54, 1.807) is 6.08 Å². The number of rotatable bonds is 4. The van der Waals surface area contributed by atoms with Crippen molar-refractivity contribution in [3.8, 4) is 0 Å². The number of benzene rings is 1.